The van der Waals surface area contributed by atoms with Gasteiger partial charge in [0.25, 0.3) is 11.2 Å². The SMILES string of the molecule is CCOC(=O)[C@H](C)NP(=O)(OC[C@H]1O[C@@H](n2cc(F)c(=O)[nH]c2=O)C[C@H]1O)Oc1ccc([N+](=O)[O-])cc1. The van der Waals surface area contributed by atoms with Crippen LogP contribution >= 0.6 is 7.75 Å². The molecular weight excluding hydrogens is 522 g/mol. The van der Waals surface area contributed by atoms with Crippen molar-refractivity contribution >= 4 is 19.4 Å². The van der Waals surface area contributed by atoms with Gasteiger partial charge >= 0.3 is 19.4 Å². The lowest BCUT2D eigenvalue weighted by molar-refractivity contribution is -0.384. The Balaban J connectivity index is 1.76. The van der Waals surface area contributed by atoms with Crippen molar-refractivity contribution in [3.8, 4) is 5.75 Å². The number of nitrogens with zero attached hydrogens (tertiary/aromatic N) is 2. The summed E-state index contributed by atoms with van der Waals surface area (Å²) < 4.78 is 49.1. The molecule has 1 aromatic carbocycles. The van der Waals surface area contributed by atoms with Crippen LogP contribution < -0.4 is 20.9 Å². The largest absolute Gasteiger partial charge is 0.465 e. The molecule has 3 N–H and O–H groups in total. The highest BCUT2D eigenvalue weighted by atomic mass is 31.2. The van der Waals surface area contributed by atoms with Crippen LogP contribution in [0.3, 0.4) is 0 Å². The maximum atomic E-state index is 13.6. The fourth-order valence-corrected chi connectivity index (χ4v) is 4.80. The van der Waals surface area contributed by atoms with Gasteiger partial charge in [-0.05, 0) is 26.0 Å². The number of benzene rings is 1. The molecule has 1 unspecified atom stereocenters. The number of aliphatic hydroxyl groups is 1. The van der Waals surface area contributed by atoms with Gasteiger partial charge in [-0.1, -0.05) is 0 Å². The first-order chi connectivity index (χ1) is 17.4. The van der Waals surface area contributed by atoms with Crippen LogP contribution in [0.1, 0.15) is 26.5 Å². The Morgan fingerprint density at radius 3 is 2.70 bits per heavy atom. The molecule has 3 rings (SSSR count). The molecule has 17 heteroatoms. The summed E-state index contributed by atoms with van der Waals surface area (Å²) in [5, 5.41) is 23.6. The minimum atomic E-state index is -4.40. The van der Waals surface area contributed by atoms with E-state index in [0.717, 1.165) is 16.7 Å². The second-order valence-electron chi connectivity index (χ2n) is 7.81. The van der Waals surface area contributed by atoms with Crippen LogP contribution in [0.25, 0.3) is 0 Å². The summed E-state index contributed by atoms with van der Waals surface area (Å²) in [5.41, 5.74) is -2.44. The van der Waals surface area contributed by atoms with Crippen molar-refractivity contribution in [1.29, 1.82) is 0 Å². The molecule has 0 radical (unpaired) electrons. The Hall–Kier alpha value is -3.43. The number of aliphatic hydroxyl groups excluding tert-OH is 1. The molecule has 0 bridgehead atoms. The Labute approximate surface area is 207 Å². The zero-order valence-electron chi connectivity index (χ0n) is 19.6. The van der Waals surface area contributed by atoms with Crippen molar-refractivity contribution < 1.29 is 42.3 Å². The maximum Gasteiger partial charge on any atom is 0.459 e. The van der Waals surface area contributed by atoms with Crippen molar-refractivity contribution in [3.05, 3.63) is 67.2 Å². The van der Waals surface area contributed by atoms with Crippen molar-refractivity contribution in [2.75, 3.05) is 13.2 Å². The monoisotopic (exact) mass is 546 g/mol. The summed E-state index contributed by atoms with van der Waals surface area (Å²) >= 11 is 0. The molecule has 0 saturated carbocycles. The van der Waals surface area contributed by atoms with Crippen LogP contribution in [0.15, 0.2) is 40.1 Å². The first-order valence-electron chi connectivity index (χ1n) is 10.9. The van der Waals surface area contributed by atoms with Crippen molar-refractivity contribution in [3.63, 3.8) is 0 Å². The van der Waals surface area contributed by atoms with Gasteiger partial charge in [0, 0.05) is 18.6 Å². The molecule has 1 saturated heterocycles. The van der Waals surface area contributed by atoms with Gasteiger partial charge in [-0.15, -0.1) is 0 Å². The number of nitro benzene ring substituents is 1. The number of hydrogen-bond acceptors (Lipinski definition) is 11. The number of non-ortho nitro benzene ring substituents is 1. The number of nitrogens with one attached hydrogen (secondary N) is 2. The molecule has 202 valence electrons. The lowest BCUT2D eigenvalue weighted by Gasteiger charge is -2.24. The summed E-state index contributed by atoms with van der Waals surface area (Å²) in [4.78, 5) is 47.3. The molecule has 1 aromatic heterocycles. The van der Waals surface area contributed by atoms with E-state index in [1.807, 2.05) is 0 Å². The highest BCUT2D eigenvalue weighted by molar-refractivity contribution is 7.52. The van der Waals surface area contributed by atoms with Crippen LogP contribution in [0, 0.1) is 15.9 Å². The molecular formula is C20H24FN4O11P. The van der Waals surface area contributed by atoms with Crippen molar-refractivity contribution in [2.45, 2.75) is 44.7 Å². The van der Waals surface area contributed by atoms with E-state index < -0.39 is 66.8 Å². The molecule has 0 spiro atoms. The summed E-state index contributed by atoms with van der Waals surface area (Å²) in [6.07, 6.45) is -3.18. The Bertz CT molecular complexity index is 1300. The Morgan fingerprint density at radius 1 is 1.41 bits per heavy atom. The third-order valence-corrected chi connectivity index (χ3v) is 6.76. The van der Waals surface area contributed by atoms with E-state index in [2.05, 4.69) is 5.09 Å². The predicted octanol–water partition coefficient (Wildman–Crippen LogP) is 0.977. The molecule has 1 fully saturated rings. The van der Waals surface area contributed by atoms with Gasteiger partial charge in [-0.2, -0.15) is 9.48 Å². The summed E-state index contributed by atoms with van der Waals surface area (Å²) in [6, 6.07) is 3.36. The summed E-state index contributed by atoms with van der Waals surface area (Å²) in [7, 11) is -4.40. The minimum Gasteiger partial charge on any atom is -0.465 e. The predicted molar refractivity (Wildman–Crippen MR) is 122 cm³/mol. The number of carbonyl (C=O) groups is 1. The number of hydrogen-bond donors (Lipinski definition) is 3. The number of aromatic amines is 1. The van der Waals surface area contributed by atoms with Crippen LogP contribution in [-0.4, -0.2) is 57.0 Å². The number of esters is 1. The molecule has 0 amide bonds. The number of halogens is 1. The van der Waals surface area contributed by atoms with E-state index in [9.17, 15) is 38.6 Å². The number of ether oxygens (including phenoxy) is 2. The minimum absolute atomic E-state index is 0.0490. The van der Waals surface area contributed by atoms with E-state index in [4.69, 9.17) is 18.5 Å². The molecule has 1 aliphatic rings. The first kappa shape index (κ1) is 28.1. The van der Waals surface area contributed by atoms with Gasteiger partial charge in [-0.25, -0.2) is 9.36 Å². The summed E-state index contributed by atoms with van der Waals surface area (Å²) in [6.45, 7) is 2.38. The topological polar surface area (TPSA) is 201 Å². The van der Waals surface area contributed by atoms with Crippen molar-refractivity contribution in [1.82, 2.24) is 14.6 Å². The second kappa shape index (κ2) is 11.7. The van der Waals surface area contributed by atoms with Gasteiger partial charge in [0.05, 0.1) is 30.4 Å². The van der Waals surface area contributed by atoms with E-state index in [0.29, 0.717) is 6.20 Å². The fraction of sp³-hybridized carbons (Fsp3) is 0.450. The Morgan fingerprint density at radius 2 is 2.08 bits per heavy atom. The molecule has 0 aliphatic carbocycles. The number of carbonyl (C=O) groups excluding carboxylic acids is 1. The number of rotatable bonds is 11. The van der Waals surface area contributed by atoms with Gasteiger partial charge in [-0.3, -0.25) is 33.8 Å². The average molecular weight is 546 g/mol. The first-order valence-corrected chi connectivity index (χ1v) is 12.4. The molecule has 37 heavy (non-hydrogen) atoms. The third-order valence-electron chi connectivity index (χ3n) is 5.11. The molecule has 5 atom stereocenters. The van der Waals surface area contributed by atoms with E-state index >= 15 is 0 Å². The van der Waals surface area contributed by atoms with Crippen LogP contribution in [0.5, 0.6) is 5.75 Å². The van der Waals surface area contributed by atoms with E-state index in [1.54, 1.807) is 11.9 Å². The van der Waals surface area contributed by atoms with E-state index in [-0.39, 0.29) is 24.5 Å². The number of H-pyrrole nitrogens is 1. The number of aromatic nitrogens is 2. The molecule has 15 nitrogen and oxygen atoms in total. The maximum absolute atomic E-state index is 13.6. The van der Waals surface area contributed by atoms with E-state index in [1.165, 1.54) is 19.1 Å². The number of nitro groups is 1. The van der Waals surface area contributed by atoms with Gasteiger partial charge in [0.1, 0.15) is 24.1 Å². The van der Waals surface area contributed by atoms with Gasteiger partial charge in [0.15, 0.2) is 0 Å². The smallest absolute Gasteiger partial charge is 0.459 e. The quantitative estimate of drug-likeness (QED) is 0.156. The highest BCUT2D eigenvalue weighted by Crippen LogP contribution is 2.46. The average Bonchev–Trinajstić information content (AvgIpc) is 3.20. The van der Waals surface area contributed by atoms with Crippen LogP contribution in [-0.2, 0) is 23.4 Å². The standard InChI is InChI=1S/C20H24FN4O11P/c1-3-33-19(28)11(2)23-37(32,36-13-6-4-12(5-7-13)25(30)31)34-10-16-15(26)8-17(35-16)24-9-14(21)18(27)22-20(24)29/h4-7,9,11,15-17,26H,3,8,10H2,1-2H3,(H,23,32)(H,22,27,29)/t11-,15+,16+,17+,37?/m0/s1. The zero-order valence-corrected chi connectivity index (χ0v) is 20.5. The Kier molecular flexibility index (Phi) is 8.94. The fourth-order valence-electron chi connectivity index (χ4n) is 3.30. The van der Waals surface area contributed by atoms with Crippen LogP contribution in [0.4, 0.5) is 10.1 Å². The normalized spacial score (nSPS) is 21.7. The zero-order chi connectivity index (χ0) is 27.3. The lowest BCUT2D eigenvalue weighted by Crippen LogP contribution is -2.36. The van der Waals surface area contributed by atoms with Gasteiger partial charge < -0.3 is 19.1 Å². The molecule has 2 aromatic rings. The van der Waals surface area contributed by atoms with Crippen LogP contribution in [0.2, 0.25) is 0 Å². The molecule has 2 heterocycles. The summed E-state index contributed by atoms with van der Waals surface area (Å²) in [5.74, 6) is -2.11. The molecule has 1 aliphatic heterocycles. The van der Waals surface area contributed by atoms with Gasteiger partial charge in [0.2, 0.25) is 5.82 Å². The third kappa shape index (κ3) is 7.08. The highest BCUT2D eigenvalue weighted by Gasteiger charge is 2.39. The van der Waals surface area contributed by atoms with Crippen molar-refractivity contribution in [2.24, 2.45) is 0 Å². The second-order valence-corrected chi connectivity index (χ2v) is 9.51. The lowest BCUT2D eigenvalue weighted by atomic mass is 10.2.